The van der Waals surface area contributed by atoms with Gasteiger partial charge in [-0.15, -0.1) is 0 Å². The number of likely N-dealkylation sites (N-methyl/N-ethyl adjacent to an activating group) is 1. The minimum absolute atomic E-state index is 0.117. The Labute approximate surface area is 95.6 Å². The van der Waals surface area contributed by atoms with Crippen LogP contribution < -0.4 is 5.32 Å². The van der Waals surface area contributed by atoms with Gasteiger partial charge in [-0.1, -0.05) is 13.8 Å². The van der Waals surface area contributed by atoms with Gasteiger partial charge in [0.1, 0.15) is 6.54 Å². The normalized spacial score (nSPS) is 12.3. The molecule has 0 spiro atoms. The van der Waals surface area contributed by atoms with Gasteiger partial charge in [0, 0.05) is 14.2 Å². The van der Waals surface area contributed by atoms with Gasteiger partial charge in [0.05, 0.1) is 12.6 Å². The SMILES string of the molecule is COCC(NC(=O)N(C)CC(=O)O)C(C)C. The molecule has 0 radical (unpaired) electrons. The summed E-state index contributed by atoms with van der Waals surface area (Å²) in [5, 5.41) is 11.3. The van der Waals surface area contributed by atoms with Crippen LogP contribution in [0.2, 0.25) is 0 Å². The molecule has 0 aliphatic heterocycles. The van der Waals surface area contributed by atoms with Gasteiger partial charge < -0.3 is 20.1 Å². The number of nitrogens with zero attached hydrogens (tertiary/aromatic N) is 1. The zero-order chi connectivity index (χ0) is 12.7. The quantitative estimate of drug-likeness (QED) is 0.694. The van der Waals surface area contributed by atoms with Crippen LogP contribution in [0.1, 0.15) is 13.8 Å². The smallest absolute Gasteiger partial charge is 0.323 e. The summed E-state index contributed by atoms with van der Waals surface area (Å²) in [4.78, 5) is 23.1. The highest BCUT2D eigenvalue weighted by molar-refractivity contribution is 5.79. The molecule has 0 aliphatic rings. The van der Waals surface area contributed by atoms with Gasteiger partial charge in [0.15, 0.2) is 0 Å². The van der Waals surface area contributed by atoms with Gasteiger partial charge >= 0.3 is 12.0 Å². The summed E-state index contributed by atoms with van der Waals surface area (Å²) in [7, 11) is 3.00. The van der Waals surface area contributed by atoms with Crippen molar-refractivity contribution in [3.8, 4) is 0 Å². The number of aliphatic carboxylic acids is 1. The molecular weight excluding hydrogens is 212 g/mol. The molecule has 0 saturated heterocycles. The minimum Gasteiger partial charge on any atom is -0.480 e. The Hall–Kier alpha value is -1.30. The average Bonchev–Trinajstić information content (AvgIpc) is 2.15. The molecule has 0 rings (SSSR count). The number of methoxy groups -OCH3 is 1. The summed E-state index contributed by atoms with van der Waals surface area (Å²) in [6.45, 7) is 4.01. The second kappa shape index (κ2) is 7.05. The van der Waals surface area contributed by atoms with E-state index in [1.165, 1.54) is 7.05 Å². The van der Waals surface area contributed by atoms with Crippen molar-refractivity contribution in [3.63, 3.8) is 0 Å². The first kappa shape index (κ1) is 14.7. The lowest BCUT2D eigenvalue weighted by molar-refractivity contribution is -0.137. The molecule has 0 aromatic carbocycles. The van der Waals surface area contributed by atoms with E-state index in [4.69, 9.17) is 9.84 Å². The predicted molar refractivity (Wildman–Crippen MR) is 59.3 cm³/mol. The number of urea groups is 1. The van der Waals surface area contributed by atoms with Crippen LogP contribution in [0.15, 0.2) is 0 Å². The van der Waals surface area contributed by atoms with Crippen molar-refractivity contribution in [1.29, 1.82) is 0 Å². The molecule has 6 nitrogen and oxygen atoms in total. The van der Waals surface area contributed by atoms with Crippen LogP contribution in [0, 0.1) is 5.92 Å². The summed E-state index contributed by atoms with van der Waals surface area (Å²) >= 11 is 0. The number of amides is 2. The van der Waals surface area contributed by atoms with Gasteiger partial charge in [0.2, 0.25) is 0 Å². The predicted octanol–water partition coefficient (Wildman–Crippen LogP) is 0.383. The Bertz CT molecular complexity index is 243. The second-order valence-electron chi connectivity index (χ2n) is 4.01. The van der Waals surface area contributed by atoms with Gasteiger partial charge in [-0.05, 0) is 5.92 Å². The second-order valence-corrected chi connectivity index (χ2v) is 4.01. The van der Waals surface area contributed by atoms with E-state index in [-0.39, 0.29) is 18.5 Å². The van der Waals surface area contributed by atoms with Crippen molar-refractivity contribution in [2.24, 2.45) is 5.92 Å². The van der Waals surface area contributed by atoms with Crippen LogP contribution >= 0.6 is 0 Å². The molecule has 0 fully saturated rings. The van der Waals surface area contributed by atoms with E-state index in [0.717, 1.165) is 4.90 Å². The number of carboxylic acids is 1. The third-order valence-electron chi connectivity index (χ3n) is 2.18. The fourth-order valence-corrected chi connectivity index (χ4v) is 1.12. The van der Waals surface area contributed by atoms with E-state index in [1.54, 1.807) is 7.11 Å². The molecule has 2 N–H and O–H groups in total. The number of rotatable bonds is 6. The first-order chi connectivity index (χ1) is 7.38. The number of ether oxygens (including phenoxy) is 1. The molecule has 0 saturated carbocycles. The maximum absolute atomic E-state index is 11.6. The molecule has 0 heterocycles. The highest BCUT2D eigenvalue weighted by Crippen LogP contribution is 2.02. The summed E-state index contributed by atoms with van der Waals surface area (Å²) in [5.41, 5.74) is 0. The number of carbonyl (C=O) groups is 2. The summed E-state index contributed by atoms with van der Waals surface area (Å²) in [6, 6.07) is -0.521. The molecule has 2 amide bonds. The van der Waals surface area contributed by atoms with Crippen LogP contribution in [0.4, 0.5) is 4.79 Å². The van der Waals surface area contributed by atoms with Crippen LogP contribution in [0.3, 0.4) is 0 Å². The maximum Gasteiger partial charge on any atom is 0.323 e. The molecule has 16 heavy (non-hydrogen) atoms. The van der Waals surface area contributed by atoms with E-state index >= 15 is 0 Å². The van der Waals surface area contributed by atoms with Crippen molar-refractivity contribution in [3.05, 3.63) is 0 Å². The molecule has 1 unspecified atom stereocenters. The van der Waals surface area contributed by atoms with E-state index < -0.39 is 12.0 Å². The topological polar surface area (TPSA) is 78.9 Å². The summed E-state index contributed by atoms with van der Waals surface area (Å²) in [5.74, 6) is -0.812. The van der Waals surface area contributed by atoms with Crippen molar-refractivity contribution >= 4 is 12.0 Å². The Morgan fingerprint density at radius 1 is 1.44 bits per heavy atom. The van der Waals surface area contributed by atoms with Crippen molar-refractivity contribution < 1.29 is 19.4 Å². The van der Waals surface area contributed by atoms with Crippen LogP contribution in [0.5, 0.6) is 0 Å². The Balaban J connectivity index is 4.22. The molecule has 0 aliphatic carbocycles. The standard InChI is InChI=1S/C10H20N2O4/c1-7(2)8(6-16-4)11-10(15)12(3)5-9(13)14/h7-8H,5-6H2,1-4H3,(H,11,15)(H,13,14). The number of nitrogens with one attached hydrogen (secondary N) is 1. The number of hydrogen-bond acceptors (Lipinski definition) is 3. The lowest BCUT2D eigenvalue weighted by Crippen LogP contribution is -2.48. The maximum atomic E-state index is 11.6. The lowest BCUT2D eigenvalue weighted by Gasteiger charge is -2.24. The largest absolute Gasteiger partial charge is 0.480 e. The minimum atomic E-state index is -1.04. The third-order valence-corrected chi connectivity index (χ3v) is 2.18. The first-order valence-corrected chi connectivity index (χ1v) is 5.10. The van der Waals surface area contributed by atoms with E-state index in [2.05, 4.69) is 5.32 Å². The van der Waals surface area contributed by atoms with Crippen LogP contribution in [-0.4, -0.2) is 55.4 Å². The van der Waals surface area contributed by atoms with Crippen molar-refractivity contribution in [2.75, 3.05) is 27.3 Å². The fourth-order valence-electron chi connectivity index (χ4n) is 1.12. The van der Waals surface area contributed by atoms with Gasteiger partial charge in [-0.25, -0.2) is 4.79 Å². The molecule has 6 heteroatoms. The summed E-state index contributed by atoms with van der Waals surface area (Å²) in [6.07, 6.45) is 0. The summed E-state index contributed by atoms with van der Waals surface area (Å²) < 4.78 is 4.98. The molecule has 0 aromatic rings. The zero-order valence-corrected chi connectivity index (χ0v) is 10.2. The third kappa shape index (κ3) is 5.55. The molecule has 94 valence electrons. The Kier molecular flexibility index (Phi) is 6.48. The highest BCUT2D eigenvalue weighted by Gasteiger charge is 2.19. The lowest BCUT2D eigenvalue weighted by atomic mass is 10.1. The molecule has 1 atom stereocenters. The zero-order valence-electron chi connectivity index (χ0n) is 10.2. The number of carboxylic acid groups (broad SMARTS) is 1. The van der Waals surface area contributed by atoms with Gasteiger partial charge in [-0.3, -0.25) is 4.79 Å². The van der Waals surface area contributed by atoms with Crippen molar-refractivity contribution in [2.45, 2.75) is 19.9 Å². The highest BCUT2D eigenvalue weighted by atomic mass is 16.5. The van der Waals surface area contributed by atoms with E-state index in [0.29, 0.717) is 6.61 Å². The van der Waals surface area contributed by atoms with Gasteiger partial charge in [-0.2, -0.15) is 0 Å². The van der Waals surface area contributed by atoms with Crippen LogP contribution in [0.25, 0.3) is 0 Å². The fraction of sp³-hybridized carbons (Fsp3) is 0.800. The number of hydrogen-bond donors (Lipinski definition) is 2. The van der Waals surface area contributed by atoms with E-state index in [9.17, 15) is 9.59 Å². The first-order valence-electron chi connectivity index (χ1n) is 5.10. The van der Waals surface area contributed by atoms with Crippen LogP contribution in [-0.2, 0) is 9.53 Å². The average molecular weight is 232 g/mol. The molecule has 0 bridgehead atoms. The molecular formula is C10H20N2O4. The monoisotopic (exact) mass is 232 g/mol. The number of carbonyl (C=O) groups excluding carboxylic acids is 1. The van der Waals surface area contributed by atoms with Gasteiger partial charge in [0.25, 0.3) is 0 Å². The van der Waals surface area contributed by atoms with Crippen molar-refractivity contribution in [1.82, 2.24) is 10.2 Å². The Morgan fingerprint density at radius 3 is 2.38 bits per heavy atom. The Morgan fingerprint density at radius 2 is 2.00 bits per heavy atom. The van der Waals surface area contributed by atoms with E-state index in [1.807, 2.05) is 13.8 Å². The molecule has 0 aromatic heterocycles.